The third-order valence-corrected chi connectivity index (χ3v) is 1.76. The largest absolute Gasteiger partial charge is 0.452 e. The number of hydrogen-bond acceptors (Lipinski definition) is 3. The van der Waals surface area contributed by atoms with Crippen molar-refractivity contribution in [2.75, 3.05) is 19.0 Å². The van der Waals surface area contributed by atoms with Crippen molar-refractivity contribution in [3.8, 4) is 0 Å². The van der Waals surface area contributed by atoms with Crippen LogP contribution in [-0.2, 0) is 16.1 Å². The van der Waals surface area contributed by atoms with Crippen LogP contribution in [0, 0.1) is 0 Å². The molecule has 0 heterocycles. The van der Waals surface area contributed by atoms with Crippen molar-refractivity contribution in [2.45, 2.75) is 6.61 Å². The Labute approximate surface area is 77.9 Å². The number of nitrogens with zero attached hydrogens (tertiary/aromatic N) is 1. The van der Waals surface area contributed by atoms with Gasteiger partial charge in [0.2, 0.25) is 0 Å². The minimum atomic E-state index is 0.276. The first-order valence-corrected chi connectivity index (χ1v) is 4.00. The van der Waals surface area contributed by atoms with Crippen molar-refractivity contribution in [2.24, 2.45) is 0 Å². The van der Waals surface area contributed by atoms with Gasteiger partial charge in [-0.05, 0) is 6.07 Å². The highest BCUT2D eigenvalue weighted by Crippen LogP contribution is 2.18. The molecule has 69 valence electrons. The first-order chi connectivity index (χ1) is 6.25. The SMILES string of the molecule is CN(C)c1ccccc1CO[C]=O. The summed E-state index contributed by atoms with van der Waals surface area (Å²) in [6.45, 7) is 1.69. The molecule has 0 spiro atoms. The van der Waals surface area contributed by atoms with Crippen molar-refractivity contribution in [3.63, 3.8) is 0 Å². The Morgan fingerprint density at radius 1 is 1.38 bits per heavy atom. The first kappa shape index (κ1) is 9.58. The zero-order valence-corrected chi connectivity index (χ0v) is 7.78. The van der Waals surface area contributed by atoms with Gasteiger partial charge in [0.1, 0.15) is 6.61 Å². The van der Waals surface area contributed by atoms with Crippen LogP contribution in [0.4, 0.5) is 5.69 Å². The summed E-state index contributed by atoms with van der Waals surface area (Å²) in [4.78, 5) is 11.9. The molecule has 0 fully saturated rings. The minimum absolute atomic E-state index is 0.276. The van der Waals surface area contributed by atoms with E-state index in [0.29, 0.717) is 0 Å². The van der Waals surface area contributed by atoms with E-state index >= 15 is 0 Å². The molecule has 0 saturated heterocycles. The second-order valence-corrected chi connectivity index (χ2v) is 2.90. The van der Waals surface area contributed by atoms with Gasteiger partial charge in [0, 0.05) is 25.3 Å². The fraction of sp³-hybridized carbons (Fsp3) is 0.300. The highest BCUT2D eigenvalue weighted by molar-refractivity contribution is 5.52. The van der Waals surface area contributed by atoms with Gasteiger partial charge in [-0.2, -0.15) is 0 Å². The Hall–Kier alpha value is -1.51. The summed E-state index contributed by atoms with van der Waals surface area (Å²) in [5.74, 6) is 0. The summed E-state index contributed by atoms with van der Waals surface area (Å²) in [5, 5.41) is 0. The quantitative estimate of drug-likeness (QED) is 0.696. The molecule has 0 unspecified atom stereocenters. The highest BCUT2D eigenvalue weighted by atomic mass is 16.5. The van der Waals surface area contributed by atoms with Gasteiger partial charge >= 0.3 is 6.47 Å². The summed E-state index contributed by atoms with van der Waals surface area (Å²) in [5.41, 5.74) is 2.04. The fourth-order valence-corrected chi connectivity index (χ4v) is 1.18. The molecular weight excluding hydrogens is 166 g/mol. The van der Waals surface area contributed by atoms with Crippen LogP contribution in [0.3, 0.4) is 0 Å². The molecule has 0 amide bonds. The topological polar surface area (TPSA) is 29.5 Å². The molecule has 13 heavy (non-hydrogen) atoms. The number of para-hydroxylation sites is 1. The molecule has 1 radical (unpaired) electrons. The lowest BCUT2D eigenvalue weighted by atomic mass is 10.2. The lowest BCUT2D eigenvalue weighted by molar-refractivity contribution is 0.267. The van der Waals surface area contributed by atoms with Crippen molar-refractivity contribution < 1.29 is 9.53 Å². The average Bonchev–Trinajstić information content (AvgIpc) is 2.15. The zero-order valence-electron chi connectivity index (χ0n) is 7.78. The summed E-state index contributed by atoms with van der Waals surface area (Å²) in [6, 6.07) is 7.76. The Morgan fingerprint density at radius 2 is 2.08 bits per heavy atom. The number of hydrogen-bond donors (Lipinski definition) is 0. The molecular formula is C10H12NO2. The van der Waals surface area contributed by atoms with Gasteiger partial charge in [0.15, 0.2) is 0 Å². The lowest BCUT2D eigenvalue weighted by Crippen LogP contribution is -2.11. The fourth-order valence-electron chi connectivity index (χ4n) is 1.18. The maximum Gasteiger partial charge on any atom is 0.417 e. The summed E-state index contributed by atoms with van der Waals surface area (Å²) in [7, 11) is 3.90. The second-order valence-electron chi connectivity index (χ2n) is 2.90. The van der Waals surface area contributed by atoms with Crippen LogP contribution < -0.4 is 4.90 Å². The number of ether oxygens (including phenoxy) is 1. The Morgan fingerprint density at radius 3 is 2.69 bits per heavy atom. The molecule has 3 nitrogen and oxygen atoms in total. The summed E-state index contributed by atoms with van der Waals surface area (Å²) in [6.07, 6.45) is 0. The first-order valence-electron chi connectivity index (χ1n) is 4.00. The third kappa shape index (κ3) is 2.47. The second kappa shape index (κ2) is 4.50. The van der Waals surface area contributed by atoms with Crippen LogP contribution >= 0.6 is 0 Å². The molecule has 0 aromatic heterocycles. The van der Waals surface area contributed by atoms with Crippen LogP contribution in [0.2, 0.25) is 0 Å². The molecule has 0 atom stereocenters. The van der Waals surface area contributed by atoms with E-state index in [-0.39, 0.29) is 6.61 Å². The highest BCUT2D eigenvalue weighted by Gasteiger charge is 2.02. The molecule has 0 aliphatic heterocycles. The van der Waals surface area contributed by atoms with E-state index in [9.17, 15) is 4.79 Å². The van der Waals surface area contributed by atoms with Gasteiger partial charge in [0.25, 0.3) is 0 Å². The van der Waals surface area contributed by atoms with Gasteiger partial charge in [-0.15, -0.1) is 0 Å². The van der Waals surface area contributed by atoms with Gasteiger partial charge < -0.3 is 9.64 Å². The van der Waals surface area contributed by atoms with Gasteiger partial charge in [-0.25, -0.2) is 4.79 Å². The normalized spacial score (nSPS) is 9.38. The van der Waals surface area contributed by atoms with E-state index in [2.05, 4.69) is 4.74 Å². The van der Waals surface area contributed by atoms with E-state index in [1.165, 1.54) is 6.47 Å². The van der Waals surface area contributed by atoms with E-state index < -0.39 is 0 Å². The molecule has 1 rings (SSSR count). The van der Waals surface area contributed by atoms with Crippen LogP contribution in [-0.4, -0.2) is 20.6 Å². The third-order valence-electron chi connectivity index (χ3n) is 1.76. The van der Waals surface area contributed by atoms with Crippen molar-refractivity contribution in [3.05, 3.63) is 29.8 Å². The van der Waals surface area contributed by atoms with Crippen molar-refractivity contribution in [1.82, 2.24) is 0 Å². The Bertz CT molecular complexity index is 284. The predicted molar refractivity (Wildman–Crippen MR) is 51.3 cm³/mol. The van der Waals surface area contributed by atoms with Gasteiger partial charge in [-0.1, -0.05) is 18.2 Å². The Kier molecular flexibility index (Phi) is 3.31. The van der Waals surface area contributed by atoms with Crippen molar-refractivity contribution >= 4 is 12.2 Å². The molecule has 0 aliphatic rings. The van der Waals surface area contributed by atoms with E-state index in [1.807, 2.05) is 43.3 Å². The van der Waals surface area contributed by atoms with E-state index in [1.54, 1.807) is 0 Å². The number of carbonyl (C=O) groups excluding carboxylic acids is 1. The molecule has 0 aliphatic carbocycles. The van der Waals surface area contributed by atoms with Crippen LogP contribution in [0.25, 0.3) is 0 Å². The maximum atomic E-state index is 9.90. The van der Waals surface area contributed by atoms with Gasteiger partial charge in [-0.3, -0.25) is 0 Å². The monoisotopic (exact) mass is 178 g/mol. The number of rotatable bonds is 4. The maximum absolute atomic E-state index is 9.90. The van der Waals surface area contributed by atoms with Crippen LogP contribution in [0.15, 0.2) is 24.3 Å². The van der Waals surface area contributed by atoms with Crippen LogP contribution in [0.1, 0.15) is 5.56 Å². The smallest absolute Gasteiger partial charge is 0.417 e. The van der Waals surface area contributed by atoms with Crippen molar-refractivity contribution in [1.29, 1.82) is 0 Å². The summed E-state index contributed by atoms with van der Waals surface area (Å²) >= 11 is 0. The molecule has 1 aromatic carbocycles. The lowest BCUT2D eigenvalue weighted by Gasteiger charge is -2.16. The zero-order chi connectivity index (χ0) is 9.68. The summed E-state index contributed by atoms with van der Waals surface area (Å²) < 4.78 is 4.58. The number of anilines is 1. The van der Waals surface area contributed by atoms with Crippen LogP contribution in [0.5, 0.6) is 0 Å². The average molecular weight is 178 g/mol. The molecule has 0 N–H and O–H groups in total. The Balaban J connectivity index is 2.84. The molecule has 3 heteroatoms. The molecule has 1 aromatic rings. The standard InChI is InChI=1S/C10H12NO2/c1-11(2)10-6-4-3-5-9(10)7-13-8-12/h3-6H,7H2,1-2H3. The van der Waals surface area contributed by atoms with E-state index in [4.69, 9.17) is 0 Å². The van der Waals surface area contributed by atoms with Gasteiger partial charge in [0.05, 0.1) is 0 Å². The number of benzene rings is 1. The molecule has 0 bridgehead atoms. The van der Waals surface area contributed by atoms with E-state index in [0.717, 1.165) is 11.3 Å². The molecule has 0 saturated carbocycles. The minimum Gasteiger partial charge on any atom is -0.452 e. The predicted octanol–water partition coefficient (Wildman–Crippen LogP) is 1.34.